The third kappa shape index (κ3) is 6.27. The Balaban J connectivity index is 0.941. The predicted octanol–water partition coefficient (Wildman–Crippen LogP) is 12.8. The molecule has 276 valence electrons. The lowest BCUT2D eigenvalue weighted by molar-refractivity contribution is 0.652. The molecular formula is C52H32N6O. The van der Waals surface area contributed by atoms with Crippen molar-refractivity contribution in [3.05, 3.63) is 195 Å². The molecule has 0 unspecified atom stereocenters. The van der Waals surface area contributed by atoms with E-state index in [-0.39, 0.29) is 0 Å². The van der Waals surface area contributed by atoms with Crippen LogP contribution in [0.3, 0.4) is 0 Å². The minimum atomic E-state index is 0.527. The van der Waals surface area contributed by atoms with Crippen molar-refractivity contribution in [1.29, 1.82) is 0 Å². The van der Waals surface area contributed by atoms with Crippen LogP contribution in [0.15, 0.2) is 199 Å². The standard InChI is InChI=1S/C52H32N6O/c1-4-12-33(13-5-1)34-20-22-35(23-21-34)40-30-45-47-48(59-52(45)53-31-40)46(54-32-55-47)37-26-24-36(25-27-37)41-28-29-44(43-19-11-10-18-42(41)43)51-57-49(38-14-6-2-7-15-38)56-50(58-51)39-16-8-3-9-17-39/h1-32H. The number of rotatable bonds is 7. The Labute approximate surface area is 339 Å². The Bertz CT molecular complexity index is 3240. The van der Waals surface area contributed by atoms with Gasteiger partial charge in [-0.15, -0.1) is 0 Å². The maximum atomic E-state index is 6.35. The Morgan fingerprint density at radius 3 is 1.47 bits per heavy atom. The van der Waals surface area contributed by atoms with Gasteiger partial charge in [-0.2, -0.15) is 0 Å². The van der Waals surface area contributed by atoms with E-state index in [0.717, 1.165) is 66.2 Å². The van der Waals surface area contributed by atoms with Crippen LogP contribution < -0.4 is 0 Å². The van der Waals surface area contributed by atoms with Crippen molar-refractivity contribution in [1.82, 2.24) is 29.9 Å². The predicted molar refractivity (Wildman–Crippen MR) is 236 cm³/mol. The maximum absolute atomic E-state index is 6.35. The first kappa shape index (κ1) is 34.1. The average molecular weight is 757 g/mol. The zero-order chi connectivity index (χ0) is 39.1. The molecule has 11 rings (SSSR count). The molecule has 0 aliphatic rings. The fourth-order valence-electron chi connectivity index (χ4n) is 7.79. The number of hydrogen-bond donors (Lipinski definition) is 0. The van der Waals surface area contributed by atoms with Gasteiger partial charge in [0.1, 0.15) is 17.5 Å². The van der Waals surface area contributed by atoms with Crippen molar-refractivity contribution in [2.75, 3.05) is 0 Å². The van der Waals surface area contributed by atoms with Crippen LogP contribution in [-0.4, -0.2) is 29.9 Å². The second kappa shape index (κ2) is 14.4. The highest BCUT2D eigenvalue weighted by Gasteiger charge is 2.19. The fraction of sp³-hybridized carbons (Fsp3) is 0. The highest BCUT2D eigenvalue weighted by atomic mass is 16.3. The third-order valence-corrected chi connectivity index (χ3v) is 10.8. The first-order valence-electron chi connectivity index (χ1n) is 19.4. The second-order valence-corrected chi connectivity index (χ2v) is 14.3. The zero-order valence-electron chi connectivity index (χ0n) is 31.6. The zero-order valence-corrected chi connectivity index (χ0v) is 31.6. The second-order valence-electron chi connectivity index (χ2n) is 14.3. The van der Waals surface area contributed by atoms with Crippen LogP contribution in [0.1, 0.15) is 0 Å². The quantitative estimate of drug-likeness (QED) is 0.160. The highest BCUT2D eigenvalue weighted by Crippen LogP contribution is 2.38. The molecule has 11 aromatic rings. The molecule has 59 heavy (non-hydrogen) atoms. The molecule has 0 saturated carbocycles. The van der Waals surface area contributed by atoms with Gasteiger partial charge in [0.25, 0.3) is 0 Å². The number of nitrogens with zero attached hydrogens (tertiary/aromatic N) is 6. The largest absolute Gasteiger partial charge is 0.434 e. The summed E-state index contributed by atoms with van der Waals surface area (Å²) in [4.78, 5) is 29.0. The molecule has 0 bridgehead atoms. The van der Waals surface area contributed by atoms with Crippen LogP contribution in [-0.2, 0) is 0 Å². The van der Waals surface area contributed by atoms with E-state index in [0.29, 0.717) is 34.5 Å². The van der Waals surface area contributed by atoms with E-state index in [1.165, 1.54) is 11.1 Å². The number of fused-ring (bicyclic) bond motifs is 4. The summed E-state index contributed by atoms with van der Waals surface area (Å²) in [6.45, 7) is 0. The molecule has 0 atom stereocenters. The topological polar surface area (TPSA) is 90.5 Å². The SMILES string of the molecule is c1ccc(-c2ccc(-c3cnc4oc5c(-c6ccc(-c7ccc(-c8nc(-c9ccccc9)nc(-c9ccccc9)n8)c8ccccc78)cc6)ncnc5c4c3)cc2)cc1. The normalized spacial score (nSPS) is 11.4. The van der Waals surface area contributed by atoms with E-state index in [1.807, 2.05) is 72.9 Å². The van der Waals surface area contributed by atoms with Crippen LogP contribution in [0.2, 0.25) is 0 Å². The van der Waals surface area contributed by atoms with E-state index in [1.54, 1.807) is 6.33 Å². The first-order chi connectivity index (χ1) is 29.2. The van der Waals surface area contributed by atoms with Crippen molar-refractivity contribution in [3.8, 4) is 78.8 Å². The van der Waals surface area contributed by atoms with Gasteiger partial charge in [-0.05, 0) is 50.7 Å². The average Bonchev–Trinajstić information content (AvgIpc) is 3.70. The van der Waals surface area contributed by atoms with Crippen molar-refractivity contribution < 1.29 is 4.42 Å². The summed E-state index contributed by atoms with van der Waals surface area (Å²) in [5.41, 5.74) is 12.9. The monoisotopic (exact) mass is 756 g/mol. The molecule has 7 heteroatoms. The minimum absolute atomic E-state index is 0.527. The first-order valence-corrected chi connectivity index (χ1v) is 19.4. The molecule has 0 amide bonds. The molecule has 4 aromatic heterocycles. The van der Waals surface area contributed by atoms with Gasteiger partial charge in [0.05, 0.1) is 5.39 Å². The smallest absolute Gasteiger partial charge is 0.229 e. The summed E-state index contributed by atoms with van der Waals surface area (Å²) in [6.07, 6.45) is 3.45. The molecule has 0 saturated heterocycles. The lowest BCUT2D eigenvalue weighted by atomic mass is 9.94. The van der Waals surface area contributed by atoms with Gasteiger partial charge >= 0.3 is 0 Å². The molecule has 0 radical (unpaired) electrons. The number of aromatic nitrogens is 6. The third-order valence-electron chi connectivity index (χ3n) is 10.8. The Kier molecular flexibility index (Phi) is 8.33. The molecular weight excluding hydrogens is 725 g/mol. The number of benzene rings is 7. The van der Waals surface area contributed by atoms with Crippen LogP contribution >= 0.6 is 0 Å². The summed E-state index contributed by atoms with van der Waals surface area (Å²) in [6, 6.07) is 62.2. The van der Waals surface area contributed by atoms with Crippen molar-refractivity contribution >= 4 is 33.0 Å². The van der Waals surface area contributed by atoms with Gasteiger partial charge in [-0.3, -0.25) is 0 Å². The number of hydrogen-bond acceptors (Lipinski definition) is 7. The van der Waals surface area contributed by atoms with Crippen LogP contribution in [0.25, 0.3) is 112 Å². The van der Waals surface area contributed by atoms with Crippen LogP contribution in [0.5, 0.6) is 0 Å². The van der Waals surface area contributed by atoms with Crippen molar-refractivity contribution in [3.63, 3.8) is 0 Å². The van der Waals surface area contributed by atoms with Crippen LogP contribution in [0.4, 0.5) is 0 Å². The van der Waals surface area contributed by atoms with Gasteiger partial charge < -0.3 is 4.42 Å². The molecule has 7 aromatic carbocycles. The summed E-state index contributed by atoms with van der Waals surface area (Å²) in [5.74, 6) is 1.88. The summed E-state index contributed by atoms with van der Waals surface area (Å²) >= 11 is 0. The summed E-state index contributed by atoms with van der Waals surface area (Å²) < 4.78 is 6.35. The van der Waals surface area contributed by atoms with E-state index in [2.05, 4.69) is 120 Å². The molecule has 0 aliphatic carbocycles. The molecule has 0 aliphatic heterocycles. The van der Waals surface area contributed by atoms with Crippen molar-refractivity contribution in [2.45, 2.75) is 0 Å². The van der Waals surface area contributed by atoms with E-state index in [9.17, 15) is 0 Å². The summed E-state index contributed by atoms with van der Waals surface area (Å²) in [5, 5.41) is 3.00. The number of pyridine rings is 1. The molecule has 7 nitrogen and oxygen atoms in total. The maximum Gasteiger partial charge on any atom is 0.229 e. The Hall–Kier alpha value is -8.16. The van der Waals surface area contributed by atoms with Gasteiger partial charge in [0.2, 0.25) is 5.71 Å². The number of furan rings is 1. The summed E-state index contributed by atoms with van der Waals surface area (Å²) in [7, 11) is 0. The molecule has 4 heterocycles. The molecule has 0 spiro atoms. The lowest BCUT2D eigenvalue weighted by Gasteiger charge is -2.13. The van der Waals surface area contributed by atoms with Gasteiger partial charge in [0, 0.05) is 34.0 Å². The minimum Gasteiger partial charge on any atom is -0.434 e. The van der Waals surface area contributed by atoms with Crippen LogP contribution in [0, 0.1) is 0 Å². The lowest BCUT2D eigenvalue weighted by Crippen LogP contribution is -2.00. The van der Waals surface area contributed by atoms with Gasteiger partial charge in [0.15, 0.2) is 23.1 Å². The fourth-order valence-corrected chi connectivity index (χ4v) is 7.79. The van der Waals surface area contributed by atoms with Gasteiger partial charge in [-0.25, -0.2) is 29.9 Å². The van der Waals surface area contributed by atoms with E-state index >= 15 is 0 Å². The Morgan fingerprint density at radius 2 is 0.831 bits per heavy atom. The molecule has 0 fully saturated rings. The highest BCUT2D eigenvalue weighted by molar-refractivity contribution is 6.07. The molecule has 0 N–H and O–H groups in total. The van der Waals surface area contributed by atoms with E-state index < -0.39 is 0 Å². The Morgan fingerprint density at radius 1 is 0.339 bits per heavy atom. The van der Waals surface area contributed by atoms with Gasteiger partial charge in [-0.1, -0.05) is 170 Å². The van der Waals surface area contributed by atoms with E-state index in [4.69, 9.17) is 29.3 Å². The van der Waals surface area contributed by atoms with Crippen molar-refractivity contribution in [2.24, 2.45) is 0 Å².